The molecule has 1 aromatic carbocycles. The molecule has 0 fully saturated rings. The van der Waals surface area contributed by atoms with E-state index in [1.54, 1.807) is 24.3 Å². The summed E-state index contributed by atoms with van der Waals surface area (Å²) in [7, 11) is 0. The van der Waals surface area contributed by atoms with E-state index in [-0.39, 0.29) is 24.6 Å². The summed E-state index contributed by atoms with van der Waals surface area (Å²) in [4.78, 5) is 22.7. The molecular weight excluding hydrogens is 310 g/mol. The van der Waals surface area contributed by atoms with Crippen LogP contribution in [-0.2, 0) is 24.6 Å². The Balaban J connectivity index is 2.25. The Morgan fingerprint density at radius 2 is 2.05 bits per heavy atom. The van der Waals surface area contributed by atoms with Gasteiger partial charge in [0.15, 0.2) is 5.75 Å². The summed E-state index contributed by atoms with van der Waals surface area (Å²) in [5, 5.41) is 18.5. The monoisotopic (exact) mass is 323 g/mol. The highest BCUT2D eigenvalue weighted by Gasteiger charge is 2.10. The first-order valence-corrected chi connectivity index (χ1v) is 6.81. The number of aliphatic hydroxyl groups excluding tert-OH is 1. The number of aliphatic hydroxyl groups is 1. The van der Waals surface area contributed by atoms with Crippen molar-refractivity contribution in [1.82, 2.24) is 4.57 Å². The lowest BCUT2D eigenvalue weighted by Crippen LogP contribution is -2.19. The molecule has 1 aromatic heterocycles. The van der Waals surface area contributed by atoms with Gasteiger partial charge in [0, 0.05) is 22.3 Å². The molecule has 22 heavy (non-hydrogen) atoms. The minimum Gasteiger partial charge on any atom is -0.483 e. The minimum absolute atomic E-state index is 0.00151. The van der Waals surface area contributed by atoms with Gasteiger partial charge in [0.1, 0.15) is 13.2 Å². The number of benzene rings is 1. The molecular formula is C15H14ClNO5. The first-order valence-electron chi connectivity index (χ1n) is 6.43. The normalized spacial score (nSPS) is 10.5. The Kier molecular flexibility index (Phi) is 5.19. The van der Waals surface area contributed by atoms with Crippen LogP contribution in [0, 0.1) is 0 Å². The molecule has 0 amide bonds. The fourth-order valence-corrected chi connectivity index (χ4v) is 2.09. The van der Waals surface area contributed by atoms with Crippen molar-refractivity contribution in [3.63, 3.8) is 0 Å². The Labute approximate surface area is 131 Å². The third-order valence-electron chi connectivity index (χ3n) is 2.99. The van der Waals surface area contributed by atoms with E-state index in [0.29, 0.717) is 10.6 Å². The number of aromatic nitrogens is 1. The predicted molar refractivity (Wildman–Crippen MR) is 80.0 cm³/mol. The Bertz CT molecular complexity index is 741. The fourth-order valence-electron chi connectivity index (χ4n) is 1.90. The highest BCUT2D eigenvalue weighted by atomic mass is 35.5. The zero-order chi connectivity index (χ0) is 16.1. The summed E-state index contributed by atoms with van der Waals surface area (Å²) in [6, 6.07) is 8.20. The summed E-state index contributed by atoms with van der Waals surface area (Å²) in [6.45, 7) is -0.730. The van der Waals surface area contributed by atoms with Gasteiger partial charge >= 0.3 is 5.97 Å². The van der Waals surface area contributed by atoms with Gasteiger partial charge in [-0.2, -0.15) is 0 Å². The van der Waals surface area contributed by atoms with Crippen molar-refractivity contribution in [1.29, 1.82) is 0 Å². The average molecular weight is 324 g/mol. The van der Waals surface area contributed by atoms with E-state index in [4.69, 9.17) is 21.4 Å². The van der Waals surface area contributed by atoms with Gasteiger partial charge in [0.05, 0.1) is 12.8 Å². The molecule has 0 aliphatic rings. The fraction of sp³-hybridized carbons (Fsp3) is 0.200. The number of pyridine rings is 1. The number of carboxylic acids is 1. The van der Waals surface area contributed by atoms with Crippen molar-refractivity contribution in [2.75, 3.05) is 0 Å². The number of hydrogen-bond donors (Lipinski definition) is 2. The first-order chi connectivity index (χ1) is 10.5. The number of aliphatic carboxylic acids is 1. The van der Waals surface area contributed by atoms with Crippen molar-refractivity contribution >= 4 is 17.6 Å². The van der Waals surface area contributed by atoms with Crippen LogP contribution in [0.25, 0.3) is 0 Å². The summed E-state index contributed by atoms with van der Waals surface area (Å²) in [5.41, 5.74) is 0.481. The maximum Gasteiger partial charge on any atom is 0.323 e. The van der Waals surface area contributed by atoms with E-state index >= 15 is 0 Å². The smallest absolute Gasteiger partial charge is 0.323 e. The minimum atomic E-state index is -1.09. The topological polar surface area (TPSA) is 88.8 Å². The predicted octanol–water partition coefficient (Wildman–Crippen LogP) is 1.66. The Morgan fingerprint density at radius 1 is 1.32 bits per heavy atom. The summed E-state index contributed by atoms with van der Waals surface area (Å²) < 4.78 is 6.69. The first kappa shape index (κ1) is 16.1. The van der Waals surface area contributed by atoms with Crippen LogP contribution in [0.2, 0.25) is 5.02 Å². The molecule has 2 aromatic rings. The second kappa shape index (κ2) is 7.11. The lowest BCUT2D eigenvalue weighted by atomic mass is 10.2. The second-order valence-electron chi connectivity index (χ2n) is 4.55. The zero-order valence-electron chi connectivity index (χ0n) is 11.5. The van der Waals surface area contributed by atoms with Crippen LogP contribution in [0.1, 0.15) is 11.3 Å². The molecule has 116 valence electrons. The van der Waals surface area contributed by atoms with E-state index in [1.807, 2.05) is 0 Å². The Hall–Kier alpha value is -2.31. The van der Waals surface area contributed by atoms with Crippen molar-refractivity contribution in [2.45, 2.75) is 19.8 Å². The van der Waals surface area contributed by atoms with Crippen LogP contribution in [-0.4, -0.2) is 20.7 Å². The number of nitrogens with zero attached hydrogens (tertiary/aromatic N) is 1. The van der Waals surface area contributed by atoms with E-state index in [0.717, 1.165) is 6.07 Å². The van der Waals surface area contributed by atoms with E-state index in [9.17, 15) is 14.7 Å². The SMILES string of the molecule is O=C(O)Cn1cc(OCc2ccccc2Cl)c(=O)cc1CO. The van der Waals surface area contributed by atoms with Crippen molar-refractivity contribution in [3.8, 4) is 5.75 Å². The largest absolute Gasteiger partial charge is 0.483 e. The molecule has 0 spiro atoms. The van der Waals surface area contributed by atoms with Crippen molar-refractivity contribution in [2.24, 2.45) is 0 Å². The van der Waals surface area contributed by atoms with E-state index in [2.05, 4.69) is 0 Å². The maximum absolute atomic E-state index is 11.9. The number of hydrogen-bond acceptors (Lipinski definition) is 4. The maximum atomic E-state index is 11.9. The molecule has 0 unspecified atom stereocenters. The van der Waals surface area contributed by atoms with Crippen LogP contribution in [0.3, 0.4) is 0 Å². The summed E-state index contributed by atoms with van der Waals surface area (Å²) in [6.07, 6.45) is 1.28. The number of halogens is 1. The number of carboxylic acid groups (broad SMARTS) is 1. The molecule has 6 nitrogen and oxygen atoms in total. The molecule has 0 radical (unpaired) electrons. The molecule has 0 saturated carbocycles. The van der Waals surface area contributed by atoms with Crippen LogP contribution < -0.4 is 10.2 Å². The highest BCUT2D eigenvalue weighted by molar-refractivity contribution is 6.31. The van der Waals surface area contributed by atoms with Gasteiger partial charge in [-0.25, -0.2) is 0 Å². The molecule has 2 rings (SSSR count). The number of rotatable bonds is 6. The average Bonchev–Trinajstić information content (AvgIpc) is 2.48. The molecule has 0 bridgehead atoms. The van der Waals surface area contributed by atoms with Gasteiger partial charge in [0.2, 0.25) is 5.43 Å². The number of carbonyl (C=O) groups is 1. The quantitative estimate of drug-likeness (QED) is 0.844. The molecule has 0 saturated heterocycles. The van der Waals surface area contributed by atoms with E-state index < -0.39 is 18.0 Å². The molecule has 2 N–H and O–H groups in total. The lowest BCUT2D eigenvalue weighted by Gasteiger charge is -2.13. The number of ether oxygens (including phenoxy) is 1. The van der Waals surface area contributed by atoms with Gasteiger partial charge in [-0.3, -0.25) is 9.59 Å². The van der Waals surface area contributed by atoms with Gasteiger partial charge in [0.25, 0.3) is 0 Å². The second-order valence-corrected chi connectivity index (χ2v) is 4.96. The van der Waals surface area contributed by atoms with Gasteiger partial charge in [-0.05, 0) is 6.07 Å². The van der Waals surface area contributed by atoms with Gasteiger partial charge in [-0.15, -0.1) is 0 Å². The van der Waals surface area contributed by atoms with Gasteiger partial charge in [-0.1, -0.05) is 29.8 Å². The van der Waals surface area contributed by atoms with Crippen LogP contribution >= 0.6 is 11.6 Å². The molecule has 0 aliphatic heterocycles. The third kappa shape index (κ3) is 3.87. The molecule has 1 heterocycles. The molecule has 0 aliphatic carbocycles. The third-order valence-corrected chi connectivity index (χ3v) is 3.36. The van der Waals surface area contributed by atoms with Crippen molar-refractivity contribution < 1.29 is 19.7 Å². The lowest BCUT2D eigenvalue weighted by molar-refractivity contribution is -0.137. The van der Waals surface area contributed by atoms with Gasteiger partial charge < -0.3 is 19.5 Å². The van der Waals surface area contributed by atoms with E-state index in [1.165, 1.54) is 10.8 Å². The van der Waals surface area contributed by atoms with Crippen LogP contribution in [0.4, 0.5) is 0 Å². The standard InChI is InChI=1S/C15H14ClNO5/c16-12-4-2-1-3-10(12)9-22-14-6-17(7-15(20)21)11(8-18)5-13(14)19/h1-6,18H,7-9H2,(H,20,21). The Morgan fingerprint density at radius 3 is 2.68 bits per heavy atom. The van der Waals surface area contributed by atoms with Crippen LogP contribution in [0.15, 0.2) is 41.3 Å². The summed E-state index contributed by atoms with van der Waals surface area (Å²) in [5.74, 6) is -1.09. The molecule has 0 atom stereocenters. The van der Waals surface area contributed by atoms with Crippen LogP contribution in [0.5, 0.6) is 5.75 Å². The van der Waals surface area contributed by atoms with Crippen molar-refractivity contribution in [3.05, 3.63) is 63.0 Å². The zero-order valence-corrected chi connectivity index (χ0v) is 12.3. The highest BCUT2D eigenvalue weighted by Crippen LogP contribution is 2.17. The summed E-state index contributed by atoms with van der Waals surface area (Å²) >= 11 is 6.00. The molecule has 7 heteroatoms.